The predicted octanol–water partition coefficient (Wildman–Crippen LogP) is 1.59. The molecule has 0 aromatic carbocycles. The third-order valence-electron chi connectivity index (χ3n) is 5.42. The van der Waals surface area contributed by atoms with Crippen molar-refractivity contribution in [2.24, 2.45) is 5.92 Å². The SMILES string of the molecule is C1CCC(CN2CCNCC23CCNCC3)CC1. The Hall–Kier alpha value is -0.120. The highest BCUT2D eigenvalue weighted by Gasteiger charge is 2.40. The molecule has 18 heavy (non-hydrogen) atoms. The molecule has 2 saturated heterocycles. The number of nitrogens with one attached hydrogen (secondary N) is 2. The fourth-order valence-electron chi connectivity index (χ4n) is 4.24. The van der Waals surface area contributed by atoms with Crippen molar-refractivity contribution in [3.8, 4) is 0 Å². The molecule has 3 aliphatic rings. The Kier molecular flexibility index (Phi) is 4.22. The Bertz CT molecular complexity index is 246. The molecule has 0 bridgehead atoms. The Morgan fingerprint density at radius 3 is 2.50 bits per heavy atom. The van der Waals surface area contributed by atoms with Crippen molar-refractivity contribution in [2.75, 3.05) is 39.3 Å². The van der Waals surface area contributed by atoms with E-state index in [4.69, 9.17) is 0 Å². The minimum Gasteiger partial charge on any atom is -0.317 e. The van der Waals surface area contributed by atoms with Crippen molar-refractivity contribution < 1.29 is 0 Å². The quantitative estimate of drug-likeness (QED) is 0.780. The van der Waals surface area contributed by atoms with E-state index in [2.05, 4.69) is 15.5 Å². The Labute approximate surface area is 112 Å². The van der Waals surface area contributed by atoms with E-state index in [0.717, 1.165) is 5.92 Å². The minimum atomic E-state index is 0.487. The number of hydrogen-bond acceptors (Lipinski definition) is 3. The van der Waals surface area contributed by atoms with Gasteiger partial charge in [0.2, 0.25) is 0 Å². The summed E-state index contributed by atoms with van der Waals surface area (Å²) in [7, 11) is 0. The molecule has 1 saturated carbocycles. The lowest BCUT2D eigenvalue weighted by atomic mass is 9.82. The summed E-state index contributed by atoms with van der Waals surface area (Å²) in [4.78, 5) is 2.86. The molecule has 3 nitrogen and oxygen atoms in total. The zero-order valence-corrected chi connectivity index (χ0v) is 11.7. The molecule has 0 amide bonds. The normalized spacial score (nSPS) is 30.7. The van der Waals surface area contributed by atoms with Crippen LogP contribution >= 0.6 is 0 Å². The van der Waals surface area contributed by atoms with E-state index in [0.29, 0.717) is 5.54 Å². The summed E-state index contributed by atoms with van der Waals surface area (Å²) >= 11 is 0. The van der Waals surface area contributed by atoms with Gasteiger partial charge in [0, 0.05) is 31.7 Å². The van der Waals surface area contributed by atoms with Crippen molar-refractivity contribution in [1.29, 1.82) is 0 Å². The van der Waals surface area contributed by atoms with Crippen molar-refractivity contribution in [3.63, 3.8) is 0 Å². The molecule has 0 aromatic rings. The zero-order chi connectivity index (χ0) is 12.3. The Morgan fingerprint density at radius 1 is 0.944 bits per heavy atom. The van der Waals surface area contributed by atoms with Crippen molar-refractivity contribution in [2.45, 2.75) is 50.5 Å². The molecule has 0 radical (unpaired) electrons. The van der Waals surface area contributed by atoms with E-state index in [9.17, 15) is 0 Å². The van der Waals surface area contributed by atoms with Crippen LogP contribution in [0, 0.1) is 5.92 Å². The second-order valence-electron chi connectivity index (χ2n) is 6.60. The highest BCUT2D eigenvalue weighted by molar-refractivity contribution is 4.99. The largest absolute Gasteiger partial charge is 0.317 e. The van der Waals surface area contributed by atoms with Gasteiger partial charge < -0.3 is 10.6 Å². The van der Waals surface area contributed by atoms with Crippen LogP contribution in [0.3, 0.4) is 0 Å². The van der Waals surface area contributed by atoms with Crippen LogP contribution in [-0.4, -0.2) is 49.7 Å². The summed E-state index contributed by atoms with van der Waals surface area (Å²) in [5, 5.41) is 7.17. The van der Waals surface area contributed by atoms with Crippen LogP contribution in [0.5, 0.6) is 0 Å². The summed E-state index contributed by atoms with van der Waals surface area (Å²) in [6.45, 7) is 7.49. The summed E-state index contributed by atoms with van der Waals surface area (Å²) < 4.78 is 0. The van der Waals surface area contributed by atoms with Crippen molar-refractivity contribution in [1.82, 2.24) is 15.5 Å². The lowest BCUT2D eigenvalue weighted by molar-refractivity contribution is 0.0159. The average molecular weight is 251 g/mol. The van der Waals surface area contributed by atoms with E-state index in [-0.39, 0.29) is 0 Å². The molecule has 3 fully saturated rings. The topological polar surface area (TPSA) is 27.3 Å². The number of rotatable bonds is 2. The van der Waals surface area contributed by atoms with Crippen LogP contribution in [0.4, 0.5) is 0 Å². The van der Waals surface area contributed by atoms with Gasteiger partial charge in [0.05, 0.1) is 0 Å². The highest BCUT2D eigenvalue weighted by atomic mass is 15.3. The van der Waals surface area contributed by atoms with Gasteiger partial charge in [-0.3, -0.25) is 4.90 Å². The standard InChI is InChI=1S/C15H29N3/c1-2-4-14(5-3-1)12-18-11-10-17-13-15(18)6-8-16-9-7-15/h14,16-17H,1-13H2. The fourth-order valence-corrected chi connectivity index (χ4v) is 4.24. The second kappa shape index (κ2) is 5.89. The first-order valence-electron chi connectivity index (χ1n) is 8.06. The van der Waals surface area contributed by atoms with Gasteiger partial charge in [-0.1, -0.05) is 19.3 Å². The predicted molar refractivity (Wildman–Crippen MR) is 75.9 cm³/mol. The van der Waals surface area contributed by atoms with E-state index < -0.39 is 0 Å². The van der Waals surface area contributed by atoms with Crippen LogP contribution in [0.15, 0.2) is 0 Å². The van der Waals surface area contributed by atoms with Crippen LogP contribution in [0.1, 0.15) is 44.9 Å². The lowest BCUT2D eigenvalue weighted by Gasteiger charge is -2.51. The first-order chi connectivity index (χ1) is 8.89. The van der Waals surface area contributed by atoms with Gasteiger partial charge in [-0.05, 0) is 44.7 Å². The molecule has 0 aromatic heterocycles. The zero-order valence-electron chi connectivity index (χ0n) is 11.7. The molecule has 2 aliphatic heterocycles. The maximum absolute atomic E-state index is 3.64. The molecule has 3 heteroatoms. The average Bonchev–Trinajstić information content (AvgIpc) is 2.44. The number of hydrogen-bond donors (Lipinski definition) is 2. The molecular formula is C15H29N3. The maximum atomic E-state index is 3.64. The van der Waals surface area contributed by atoms with E-state index in [1.807, 2.05) is 0 Å². The van der Waals surface area contributed by atoms with Gasteiger partial charge in [0.1, 0.15) is 0 Å². The molecule has 3 rings (SSSR count). The fraction of sp³-hybridized carbons (Fsp3) is 1.00. The molecule has 1 aliphatic carbocycles. The summed E-state index contributed by atoms with van der Waals surface area (Å²) in [6.07, 6.45) is 10.1. The number of nitrogens with zero attached hydrogens (tertiary/aromatic N) is 1. The van der Waals surface area contributed by atoms with E-state index >= 15 is 0 Å². The van der Waals surface area contributed by atoms with Crippen LogP contribution in [-0.2, 0) is 0 Å². The number of piperidine rings is 1. The van der Waals surface area contributed by atoms with Gasteiger partial charge in [0.25, 0.3) is 0 Å². The van der Waals surface area contributed by atoms with Crippen LogP contribution in [0.25, 0.3) is 0 Å². The maximum Gasteiger partial charge on any atom is 0.0358 e. The Morgan fingerprint density at radius 2 is 1.72 bits per heavy atom. The summed E-state index contributed by atoms with van der Waals surface area (Å²) in [5.74, 6) is 0.989. The lowest BCUT2D eigenvalue weighted by Crippen LogP contribution is -2.65. The smallest absolute Gasteiger partial charge is 0.0358 e. The molecule has 2 N–H and O–H groups in total. The molecule has 0 atom stereocenters. The van der Waals surface area contributed by atoms with Gasteiger partial charge >= 0.3 is 0 Å². The monoisotopic (exact) mass is 251 g/mol. The van der Waals surface area contributed by atoms with Crippen molar-refractivity contribution >= 4 is 0 Å². The van der Waals surface area contributed by atoms with Gasteiger partial charge in [-0.2, -0.15) is 0 Å². The first-order valence-corrected chi connectivity index (χ1v) is 8.06. The van der Waals surface area contributed by atoms with E-state index in [1.54, 1.807) is 0 Å². The van der Waals surface area contributed by atoms with Gasteiger partial charge in [0.15, 0.2) is 0 Å². The molecule has 2 heterocycles. The summed E-state index contributed by atoms with van der Waals surface area (Å²) in [6, 6.07) is 0. The molecule has 104 valence electrons. The molecule has 1 spiro atoms. The van der Waals surface area contributed by atoms with Crippen LogP contribution < -0.4 is 10.6 Å². The third-order valence-corrected chi connectivity index (χ3v) is 5.42. The molecule has 0 unspecified atom stereocenters. The summed E-state index contributed by atoms with van der Waals surface area (Å²) in [5.41, 5.74) is 0.487. The Balaban J connectivity index is 1.63. The first kappa shape index (κ1) is 12.9. The third kappa shape index (κ3) is 2.73. The minimum absolute atomic E-state index is 0.487. The van der Waals surface area contributed by atoms with Gasteiger partial charge in [-0.15, -0.1) is 0 Å². The van der Waals surface area contributed by atoms with Gasteiger partial charge in [-0.25, -0.2) is 0 Å². The van der Waals surface area contributed by atoms with E-state index in [1.165, 1.54) is 84.2 Å². The highest BCUT2D eigenvalue weighted by Crippen LogP contribution is 2.31. The number of piperazine rings is 1. The van der Waals surface area contributed by atoms with Crippen LogP contribution in [0.2, 0.25) is 0 Å². The second-order valence-corrected chi connectivity index (χ2v) is 6.60. The molecular weight excluding hydrogens is 222 g/mol. The van der Waals surface area contributed by atoms with Crippen molar-refractivity contribution in [3.05, 3.63) is 0 Å².